The number of carbonyl (C=O) groups excluding carboxylic acids is 1. The molecule has 0 aliphatic heterocycles. The number of ether oxygens (including phenoxy) is 2. The summed E-state index contributed by atoms with van der Waals surface area (Å²) in [5.41, 5.74) is 2.27. The van der Waals surface area contributed by atoms with Gasteiger partial charge in [-0.3, -0.25) is 4.79 Å². The molecule has 0 aromatic heterocycles. The van der Waals surface area contributed by atoms with Gasteiger partial charge in [0.15, 0.2) is 0 Å². The highest BCUT2D eigenvalue weighted by Crippen LogP contribution is 2.15. The van der Waals surface area contributed by atoms with Crippen LogP contribution in [-0.2, 0) is 25.9 Å². The molecular formula is C15H21ClO3S. The molecule has 0 aliphatic rings. The summed E-state index contributed by atoms with van der Waals surface area (Å²) in [6.07, 6.45) is 0.977. The number of carbonyl (C=O) groups is 1. The zero-order valence-electron chi connectivity index (χ0n) is 11.8. The summed E-state index contributed by atoms with van der Waals surface area (Å²) in [5.74, 6) is 1.46. The minimum atomic E-state index is -0.191. The SMILES string of the molecule is CCCOCCOC(=O)CSCc1cccc(CCl)c1. The van der Waals surface area contributed by atoms with Crippen LogP contribution in [0.15, 0.2) is 24.3 Å². The molecule has 0 spiro atoms. The Kier molecular flexibility index (Phi) is 9.54. The van der Waals surface area contributed by atoms with Gasteiger partial charge in [-0.2, -0.15) is 0 Å². The predicted molar refractivity (Wildman–Crippen MR) is 84.2 cm³/mol. The lowest BCUT2D eigenvalue weighted by molar-refractivity contribution is -0.141. The Morgan fingerprint density at radius 3 is 2.80 bits per heavy atom. The first-order chi connectivity index (χ1) is 9.76. The number of hydrogen-bond donors (Lipinski definition) is 0. The van der Waals surface area contributed by atoms with E-state index in [-0.39, 0.29) is 5.97 Å². The van der Waals surface area contributed by atoms with E-state index in [0.717, 1.165) is 17.7 Å². The van der Waals surface area contributed by atoms with Crippen molar-refractivity contribution in [3.8, 4) is 0 Å². The van der Waals surface area contributed by atoms with E-state index in [0.29, 0.717) is 31.5 Å². The Balaban J connectivity index is 2.12. The van der Waals surface area contributed by atoms with Gasteiger partial charge in [-0.15, -0.1) is 23.4 Å². The molecule has 0 heterocycles. The molecule has 0 amide bonds. The van der Waals surface area contributed by atoms with Crippen molar-refractivity contribution < 1.29 is 14.3 Å². The molecule has 0 saturated heterocycles. The fraction of sp³-hybridized carbons (Fsp3) is 0.533. The molecule has 0 aliphatic carbocycles. The van der Waals surface area contributed by atoms with Gasteiger partial charge in [0.25, 0.3) is 0 Å². The fourth-order valence-electron chi connectivity index (χ4n) is 1.56. The predicted octanol–water partition coefficient (Wildman–Crippen LogP) is 3.63. The molecule has 0 unspecified atom stereocenters. The summed E-state index contributed by atoms with van der Waals surface area (Å²) >= 11 is 7.33. The first kappa shape index (κ1) is 17.3. The molecule has 0 saturated carbocycles. The highest BCUT2D eigenvalue weighted by molar-refractivity contribution is 7.99. The van der Waals surface area contributed by atoms with Crippen LogP contribution in [0.3, 0.4) is 0 Å². The highest BCUT2D eigenvalue weighted by Gasteiger charge is 2.03. The highest BCUT2D eigenvalue weighted by atomic mass is 35.5. The molecule has 1 aromatic carbocycles. The van der Waals surface area contributed by atoms with Gasteiger partial charge < -0.3 is 9.47 Å². The molecule has 20 heavy (non-hydrogen) atoms. The number of esters is 1. The molecule has 112 valence electrons. The van der Waals surface area contributed by atoms with E-state index in [1.165, 1.54) is 5.56 Å². The normalized spacial score (nSPS) is 10.5. The molecule has 1 rings (SSSR count). The minimum Gasteiger partial charge on any atom is -0.463 e. The summed E-state index contributed by atoms with van der Waals surface area (Å²) in [5, 5.41) is 0. The zero-order chi connectivity index (χ0) is 14.6. The largest absolute Gasteiger partial charge is 0.463 e. The average molecular weight is 317 g/mol. The van der Waals surface area contributed by atoms with Crippen LogP contribution in [0.5, 0.6) is 0 Å². The van der Waals surface area contributed by atoms with Crippen molar-refractivity contribution in [2.75, 3.05) is 25.6 Å². The Morgan fingerprint density at radius 2 is 2.05 bits per heavy atom. The maximum Gasteiger partial charge on any atom is 0.315 e. The lowest BCUT2D eigenvalue weighted by Gasteiger charge is -2.06. The maximum absolute atomic E-state index is 11.5. The molecule has 0 fully saturated rings. The van der Waals surface area contributed by atoms with Crippen molar-refractivity contribution in [3.05, 3.63) is 35.4 Å². The summed E-state index contributed by atoms with van der Waals surface area (Å²) in [7, 11) is 0. The lowest BCUT2D eigenvalue weighted by atomic mass is 10.2. The van der Waals surface area contributed by atoms with E-state index >= 15 is 0 Å². The van der Waals surface area contributed by atoms with E-state index < -0.39 is 0 Å². The summed E-state index contributed by atoms with van der Waals surface area (Å²) in [4.78, 5) is 11.5. The lowest BCUT2D eigenvalue weighted by Crippen LogP contribution is -2.12. The Morgan fingerprint density at radius 1 is 1.25 bits per heavy atom. The van der Waals surface area contributed by atoms with Crippen molar-refractivity contribution in [1.29, 1.82) is 0 Å². The topological polar surface area (TPSA) is 35.5 Å². The summed E-state index contributed by atoms with van der Waals surface area (Å²) in [6, 6.07) is 8.07. The van der Waals surface area contributed by atoms with Gasteiger partial charge in [-0.05, 0) is 17.5 Å². The number of thioether (sulfide) groups is 1. The number of rotatable bonds is 10. The smallest absolute Gasteiger partial charge is 0.315 e. The second-order valence-corrected chi connectivity index (χ2v) is 5.53. The Bertz CT molecular complexity index is 398. The van der Waals surface area contributed by atoms with Crippen LogP contribution < -0.4 is 0 Å². The van der Waals surface area contributed by atoms with Crippen LogP contribution in [0.2, 0.25) is 0 Å². The molecule has 0 bridgehead atoms. The summed E-state index contributed by atoms with van der Waals surface area (Å²) in [6.45, 7) is 3.56. The van der Waals surface area contributed by atoms with Gasteiger partial charge in [-0.1, -0.05) is 31.2 Å². The standard InChI is InChI=1S/C15H21ClO3S/c1-2-6-18-7-8-19-15(17)12-20-11-14-5-3-4-13(9-14)10-16/h3-5,9H,2,6-8,10-12H2,1H3. The van der Waals surface area contributed by atoms with E-state index in [2.05, 4.69) is 6.07 Å². The van der Waals surface area contributed by atoms with E-state index in [1.54, 1.807) is 11.8 Å². The quantitative estimate of drug-likeness (QED) is 0.375. The molecule has 1 aromatic rings. The third kappa shape index (κ3) is 7.78. The molecular weight excluding hydrogens is 296 g/mol. The number of hydrogen-bond acceptors (Lipinski definition) is 4. The monoisotopic (exact) mass is 316 g/mol. The zero-order valence-corrected chi connectivity index (χ0v) is 13.3. The van der Waals surface area contributed by atoms with Crippen molar-refractivity contribution >= 4 is 29.3 Å². The number of alkyl halides is 1. The Labute approximate surface area is 130 Å². The van der Waals surface area contributed by atoms with Crippen molar-refractivity contribution in [3.63, 3.8) is 0 Å². The van der Waals surface area contributed by atoms with Gasteiger partial charge in [0.05, 0.1) is 12.4 Å². The van der Waals surface area contributed by atoms with Gasteiger partial charge in [-0.25, -0.2) is 0 Å². The van der Waals surface area contributed by atoms with Crippen molar-refractivity contribution in [1.82, 2.24) is 0 Å². The van der Waals surface area contributed by atoms with Gasteiger partial charge in [0.2, 0.25) is 0 Å². The van der Waals surface area contributed by atoms with Crippen LogP contribution in [0.1, 0.15) is 24.5 Å². The van der Waals surface area contributed by atoms with Gasteiger partial charge in [0.1, 0.15) is 6.61 Å². The molecule has 5 heteroatoms. The van der Waals surface area contributed by atoms with Crippen molar-refractivity contribution in [2.24, 2.45) is 0 Å². The average Bonchev–Trinajstić information content (AvgIpc) is 2.47. The molecule has 3 nitrogen and oxygen atoms in total. The van der Waals surface area contributed by atoms with Gasteiger partial charge >= 0.3 is 5.97 Å². The summed E-state index contributed by atoms with van der Waals surface area (Å²) < 4.78 is 10.3. The van der Waals surface area contributed by atoms with E-state index in [4.69, 9.17) is 21.1 Å². The third-order valence-corrected chi connectivity index (χ3v) is 3.76. The van der Waals surface area contributed by atoms with E-state index in [9.17, 15) is 4.79 Å². The Hall–Kier alpha value is -0.710. The molecule has 0 N–H and O–H groups in total. The number of benzene rings is 1. The maximum atomic E-state index is 11.5. The second-order valence-electron chi connectivity index (χ2n) is 4.28. The third-order valence-electron chi connectivity index (χ3n) is 2.47. The van der Waals surface area contributed by atoms with Crippen LogP contribution in [0.25, 0.3) is 0 Å². The van der Waals surface area contributed by atoms with Crippen molar-refractivity contribution in [2.45, 2.75) is 25.0 Å². The first-order valence-corrected chi connectivity index (χ1v) is 8.40. The van der Waals surface area contributed by atoms with Crippen LogP contribution in [-0.4, -0.2) is 31.5 Å². The molecule has 0 radical (unpaired) electrons. The molecule has 0 atom stereocenters. The van der Waals surface area contributed by atoms with Crippen LogP contribution in [0, 0.1) is 0 Å². The number of halogens is 1. The van der Waals surface area contributed by atoms with E-state index in [1.807, 2.05) is 25.1 Å². The first-order valence-electron chi connectivity index (χ1n) is 6.71. The second kappa shape index (κ2) is 11.0. The van der Waals surface area contributed by atoms with Crippen LogP contribution in [0.4, 0.5) is 0 Å². The van der Waals surface area contributed by atoms with Gasteiger partial charge in [0, 0.05) is 18.2 Å². The van der Waals surface area contributed by atoms with Crippen LogP contribution >= 0.6 is 23.4 Å². The fourth-order valence-corrected chi connectivity index (χ4v) is 2.49. The minimum absolute atomic E-state index is 0.191.